The maximum Gasteiger partial charge on any atom is 0.172 e. The molecule has 20 heavy (non-hydrogen) atoms. The molecule has 0 saturated heterocycles. The molecule has 2 nitrogen and oxygen atoms in total. The fourth-order valence-electron chi connectivity index (χ4n) is 3.88. The van der Waals surface area contributed by atoms with Gasteiger partial charge in [-0.3, -0.25) is 0 Å². The molecule has 1 fully saturated rings. The highest BCUT2D eigenvalue weighted by atomic mass is 16.7. The molecule has 0 aromatic heterocycles. The third-order valence-corrected chi connectivity index (χ3v) is 5.04. The molecule has 1 aromatic carbocycles. The molecule has 2 aliphatic rings. The summed E-state index contributed by atoms with van der Waals surface area (Å²) in [5.41, 5.74) is 2.57. The Morgan fingerprint density at radius 2 is 1.65 bits per heavy atom. The van der Waals surface area contributed by atoms with Crippen molar-refractivity contribution in [3.8, 4) is 0 Å². The second-order valence-electron chi connectivity index (χ2n) is 6.90. The maximum absolute atomic E-state index is 6.38. The molecule has 1 aliphatic carbocycles. The zero-order valence-electron chi connectivity index (χ0n) is 12.9. The van der Waals surface area contributed by atoms with E-state index in [4.69, 9.17) is 9.47 Å². The minimum absolute atomic E-state index is 0.370. The molecule has 1 spiro atoms. The fraction of sp³-hybridized carbons (Fsp3) is 0.667. The minimum Gasteiger partial charge on any atom is -0.345 e. The molecule has 0 bridgehead atoms. The highest BCUT2D eigenvalue weighted by Gasteiger charge is 2.47. The van der Waals surface area contributed by atoms with Gasteiger partial charge in [0.05, 0.1) is 13.2 Å². The van der Waals surface area contributed by atoms with Gasteiger partial charge in [0, 0.05) is 12.3 Å². The van der Waals surface area contributed by atoms with Gasteiger partial charge < -0.3 is 9.47 Å². The summed E-state index contributed by atoms with van der Waals surface area (Å²) in [5, 5.41) is 0. The van der Waals surface area contributed by atoms with E-state index in [-0.39, 0.29) is 5.79 Å². The van der Waals surface area contributed by atoms with E-state index >= 15 is 0 Å². The lowest BCUT2D eigenvalue weighted by atomic mass is 9.73. The summed E-state index contributed by atoms with van der Waals surface area (Å²) >= 11 is 0. The van der Waals surface area contributed by atoms with Crippen molar-refractivity contribution in [3.05, 3.63) is 35.4 Å². The first-order chi connectivity index (χ1) is 9.61. The molecule has 0 amide bonds. The second kappa shape index (κ2) is 5.50. The van der Waals surface area contributed by atoms with Crippen LogP contribution in [0.1, 0.15) is 51.2 Å². The van der Waals surface area contributed by atoms with Crippen LogP contribution in [0.5, 0.6) is 0 Å². The van der Waals surface area contributed by atoms with E-state index in [0.717, 1.165) is 6.42 Å². The van der Waals surface area contributed by atoms with Crippen LogP contribution in [0.15, 0.2) is 24.3 Å². The van der Waals surface area contributed by atoms with Gasteiger partial charge in [-0.15, -0.1) is 0 Å². The zero-order chi connectivity index (χ0) is 14.2. The van der Waals surface area contributed by atoms with Gasteiger partial charge in [0.25, 0.3) is 0 Å². The van der Waals surface area contributed by atoms with Crippen molar-refractivity contribution in [2.45, 2.75) is 59.0 Å². The van der Waals surface area contributed by atoms with Gasteiger partial charge in [-0.05, 0) is 29.4 Å². The Kier molecular flexibility index (Phi) is 3.87. The van der Waals surface area contributed by atoms with Crippen LogP contribution in [0.3, 0.4) is 0 Å². The quantitative estimate of drug-likeness (QED) is 0.749. The minimum atomic E-state index is -0.370. The normalized spacial score (nSPS) is 29.2. The fourth-order valence-corrected chi connectivity index (χ4v) is 3.88. The molecule has 110 valence electrons. The smallest absolute Gasteiger partial charge is 0.172 e. The van der Waals surface area contributed by atoms with Crippen molar-refractivity contribution < 1.29 is 9.47 Å². The number of hydrogen-bond acceptors (Lipinski definition) is 2. The molecule has 1 aliphatic heterocycles. The standard InChI is InChI=1S/C18H26O2/c1-13(2)17-9-8-14(3)10-18(17)19-11-15-6-4-5-7-16(15)12-20-18/h4-7,13-14,17H,8-12H2,1-3H3. The number of fused-ring (bicyclic) bond motifs is 1. The van der Waals surface area contributed by atoms with Crippen LogP contribution in [-0.2, 0) is 22.7 Å². The van der Waals surface area contributed by atoms with Crippen LogP contribution in [0.2, 0.25) is 0 Å². The van der Waals surface area contributed by atoms with Crippen LogP contribution in [0.4, 0.5) is 0 Å². The highest BCUT2D eigenvalue weighted by Crippen LogP contribution is 2.46. The SMILES string of the molecule is CC1CCC(C(C)C)C2(C1)OCc1ccccc1CO2. The first-order valence-corrected chi connectivity index (χ1v) is 7.95. The summed E-state index contributed by atoms with van der Waals surface area (Å²) in [4.78, 5) is 0. The van der Waals surface area contributed by atoms with Crippen LogP contribution in [0.25, 0.3) is 0 Å². The number of hydrogen-bond donors (Lipinski definition) is 0. The summed E-state index contributed by atoms with van der Waals surface area (Å²) in [6.45, 7) is 8.29. The Labute approximate surface area is 122 Å². The summed E-state index contributed by atoms with van der Waals surface area (Å²) in [5.74, 6) is 1.42. The van der Waals surface area contributed by atoms with Gasteiger partial charge in [-0.2, -0.15) is 0 Å². The monoisotopic (exact) mass is 274 g/mol. The predicted octanol–water partition coefficient (Wildman–Crippen LogP) is 4.52. The first kappa shape index (κ1) is 14.1. The van der Waals surface area contributed by atoms with E-state index in [9.17, 15) is 0 Å². The molecule has 1 saturated carbocycles. The van der Waals surface area contributed by atoms with Gasteiger partial charge in [-0.1, -0.05) is 51.5 Å². The lowest BCUT2D eigenvalue weighted by Gasteiger charge is -2.46. The van der Waals surface area contributed by atoms with Crippen LogP contribution < -0.4 is 0 Å². The predicted molar refractivity (Wildman–Crippen MR) is 80.1 cm³/mol. The van der Waals surface area contributed by atoms with Crippen molar-refractivity contribution in [2.24, 2.45) is 17.8 Å². The van der Waals surface area contributed by atoms with Crippen LogP contribution in [-0.4, -0.2) is 5.79 Å². The molecule has 2 atom stereocenters. The van der Waals surface area contributed by atoms with Gasteiger partial charge in [0.2, 0.25) is 0 Å². The molecule has 3 rings (SSSR count). The third kappa shape index (κ3) is 2.51. The zero-order valence-corrected chi connectivity index (χ0v) is 12.9. The summed E-state index contributed by atoms with van der Waals surface area (Å²) in [6, 6.07) is 8.50. The van der Waals surface area contributed by atoms with Gasteiger partial charge in [0.15, 0.2) is 5.79 Å². The maximum atomic E-state index is 6.38. The van der Waals surface area contributed by atoms with Crippen molar-refractivity contribution in [1.82, 2.24) is 0 Å². The molecule has 0 radical (unpaired) electrons. The Morgan fingerprint density at radius 1 is 1.05 bits per heavy atom. The Balaban J connectivity index is 1.88. The Bertz CT molecular complexity index is 439. The van der Waals surface area contributed by atoms with E-state index in [2.05, 4.69) is 45.0 Å². The second-order valence-corrected chi connectivity index (χ2v) is 6.90. The highest BCUT2D eigenvalue weighted by molar-refractivity contribution is 5.26. The van der Waals surface area contributed by atoms with Gasteiger partial charge in [0.1, 0.15) is 0 Å². The van der Waals surface area contributed by atoms with E-state index in [1.54, 1.807) is 0 Å². The van der Waals surface area contributed by atoms with E-state index in [1.807, 2.05) is 0 Å². The average Bonchev–Trinajstić information content (AvgIpc) is 2.60. The van der Waals surface area contributed by atoms with Gasteiger partial charge in [-0.25, -0.2) is 0 Å². The summed E-state index contributed by atoms with van der Waals surface area (Å²) < 4.78 is 12.8. The lowest BCUT2D eigenvalue weighted by Crippen LogP contribution is -2.49. The van der Waals surface area contributed by atoms with E-state index in [0.29, 0.717) is 31.0 Å². The molecule has 1 heterocycles. The average molecular weight is 274 g/mol. The largest absolute Gasteiger partial charge is 0.345 e. The van der Waals surface area contributed by atoms with Crippen LogP contribution in [0, 0.1) is 17.8 Å². The summed E-state index contributed by atoms with van der Waals surface area (Å²) in [6.07, 6.45) is 3.54. The molecule has 2 unspecified atom stereocenters. The van der Waals surface area contributed by atoms with Crippen molar-refractivity contribution in [3.63, 3.8) is 0 Å². The molecular weight excluding hydrogens is 248 g/mol. The Hall–Kier alpha value is -0.860. The molecule has 2 heteroatoms. The van der Waals surface area contributed by atoms with Crippen LogP contribution >= 0.6 is 0 Å². The topological polar surface area (TPSA) is 18.5 Å². The van der Waals surface area contributed by atoms with E-state index in [1.165, 1.54) is 24.0 Å². The van der Waals surface area contributed by atoms with E-state index < -0.39 is 0 Å². The number of rotatable bonds is 1. The van der Waals surface area contributed by atoms with Crippen molar-refractivity contribution >= 4 is 0 Å². The Morgan fingerprint density at radius 3 is 2.20 bits per heavy atom. The van der Waals surface area contributed by atoms with Crippen molar-refractivity contribution in [1.29, 1.82) is 0 Å². The molecular formula is C18H26O2. The summed E-state index contributed by atoms with van der Waals surface area (Å²) in [7, 11) is 0. The van der Waals surface area contributed by atoms with Crippen molar-refractivity contribution in [2.75, 3.05) is 0 Å². The third-order valence-electron chi connectivity index (χ3n) is 5.04. The first-order valence-electron chi connectivity index (χ1n) is 7.95. The number of benzene rings is 1. The molecule has 0 N–H and O–H groups in total. The number of ether oxygens (including phenoxy) is 2. The van der Waals surface area contributed by atoms with Gasteiger partial charge >= 0.3 is 0 Å². The lowest BCUT2D eigenvalue weighted by molar-refractivity contribution is -0.299. The molecule has 1 aromatic rings.